The van der Waals surface area contributed by atoms with Gasteiger partial charge in [-0.1, -0.05) is 12.8 Å². The van der Waals surface area contributed by atoms with E-state index in [0.717, 1.165) is 19.4 Å². The summed E-state index contributed by atoms with van der Waals surface area (Å²) in [5.41, 5.74) is 1.00. The van der Waals surface area contributed by atoms with Gasteiger partial charge in [0.2, 0.25) is 0 Å². The highest BCUT2D eigenvalue weighted by Crippen LogP contribution is 2.36. The Bertz CT molecular complexity index is 1100. The quantitative estimate of drug-likeness (QED) is 0.750. The maximum Gasteiger partial charge on any atom is 0.262 e. The number of piperidine rings is 1. The highest BCUT2D eigenvalue weighted by Gasteiger charge is 2.36. The predicted molar refractivity (Wildman–Crippen MR) is 121 cm³/mol. The van der Waals surface area contributed by atoms with Crippen LogP contribution in [-0.2, 0) is 10.0 Å². The summed E-state index contributed by atoms with van der Waals surface area (Å²) < 4.78 is 39.2. The van der Waals surface area contributed by atoms with E-state index in [1.54, 1.807) is 30.3 Å². The van der Waals surface area contributed by atoms with Crippen LogP contribution in [0.15, 0.2) is 47.4 Å². The number of nitrogens with zero attached hydrogens (tertiary/aromatic N) is 1. The molecule has 0 bridgehead atoms. The zero-order valence-electron chi connectivity index (χ0n) is 18.0. The normalized spacial score (nSPS) is 22.7. The molecule has 2 fully saturated rings. The van der Waals surface area contributed by atoms with Crippen LogP contribution in [0, 0.1) is 5.92 Å². The van der Waals surface area contributed by atoms with Crippen molar-refractivity contribution >= 4 is 21.6 Å². The molecular formula is C24H28N2O5S. The standard InChI is InChI=1S/C24H28N2O5S/c27-24(26-13-3-5-17-4-1-2-6-21(17)26)18-7-9-19(10-8-18)25-32(28,29)20-11-12-22-23(16-20)31-15-14-30-22/h7-12,16-17,21,25H,1-6,13-15H2/t17-,21-/m0/s1. The number of ether oxygens (including phenoxy) is 2. The third-order valence-corrected chi connectivity index (χ3v) is 8.09. The zero-order chi connectivity index (χ0) is 22.1. The molecule has 1 amide bonds. The number of rotatable bonds is 4. The van der Waals surface area contributed by atoms with Gasteiger partial charge in [0.05, 0.1) is 4.90 Å². The first-order chi connectivity index (χ1) is 15.5. The number of hydrogen-bond acceptors (Lipinski definition) is 5. The summed E-state index contributed by atoms with van der Waals surface area (Å²) >= 11 is 0. The molecule has 170 valence electrons. The van der Waals surface area contributed by atoms with Crippen molar-refractivity contribution in [3.05, 3.63) is 48.0 Å². The SMILES string of the molecule is O=C(c1ccc(NS(=O)(=O)c2ccc3c(c2)OCCO3)cc1)N1CCC[C@@H]2CCCC[C@@H]21. The number of amides is 1. The second-order valence-corrected chi connectivity index (χ2v) is 10.4. The van der Waals surface area contributed by atoms with E-state index < -0.39 is 10.0 Å². The molecule has 2 aromatic rings. The summed E-state index contributed by atoms with van der Waals surface area (Å²) in [5.74, 6) is 1.62. The van der Waals surface area contributed by atoms with E-state index in [1.807, 2.05) is 4.90 Å². The minimum Gasteiger partial charge on any atom is -0.486 e. The Hall–Kier alpha value is -2.74. The lowest BCUT2D eigenvalue weighted by atomic mass is 9.78. The number of carbonyl (C=O) groups is 1. The number of likely N-dealkylation sites (tertiary alicyclic amines) is 1. The van der Waals surface area contributed by atoms with E-state index >= 15 is 0 Å². The van der Waals surface area contributed by atoms with Crippen molar-refractivity contribution in [3.8, 4) is 11.5 Å². The Balaban J connectivity index is 1.30. The lowest BCUT2D eigenvalue weighted by Gasteiger charge is -2.44. The first-order valence-electron chi connectivity index (χ1n) is 11.3. The van der Waals surface area contributed by atoms with Gasteiger partial charge in [-0.25, -0.2) is 8.42 Å². The Labute approximate surface area is 188 Å². The molecule has 7 nitrogen and oxygen atoms in total. The molecular weight excluding hydrogens is 428 g/mol. The van der Waals surface area contributed by atoms with Crippen molar-refractivity contribution in [2.24, 2.45) is 5.92 Å². The fourth-order valence-corrected chi connectivity index (χ4v) is 6.20. The van der Waals surface area contributed by atoms with Crippen molar-refractivity contribution in [3.63, 3.8) is 0 Å². The number of benzene rings is 2. The summed E-state index contributed by atoms with van der Waals surface area (Å²) in [6.07, 6.45) is 7.03. The van der Waals surface area contributed by atoms with Crippen molar-refractivity contribution in [2.45, 2.75) is 49.5 Å². The molecule has 0 spiro atoms. The number of carbonyl (C=O) groups excluding carboxylic acids is 1. The van der Waals surface area contributed by atoms with Gasteiger partial charge in [-0.2, -0.15) is 0 Å². The second-order valence-electron chi connectivity index (χ2n) is 8.74. The van der Waals surface area contributed by atoms with E-state index in [4.69, 9.17) is 9.47 Å². The van der Waals surface area contributed by atoms with Gasteiger partial charge in [0.15, 0.2) is 11.5 Å². The van der Waals surface area contributed by atoms with E-state index in [1.165, 1.54) is 37.8 Å². The zero-order valence-corrected chi connectivity index (χ0v) is 18.8. The van der Waals surface area contributed by atoms with Crippen LogP contribution in [0.3, 0.4) is 0 Å². The molecule has 32 heavy (non-hydrogen) atoms. The number of sulfonamides is 1. The molecule has 2 aliphatic heterocycles. The lowest BCUT2D eigenvalue weighted by molar-refractivity contribution is 0.0390. The van der Waals surface area contributed by atoms with Gasteiger partial charge < -0.3 is 14.4 Å². The van der Waals surface area contributed by atoms with Gasteiger partial charge in [-0.3, -0.25) is 9.52 Å². The van der Waals surface area contributed by atoms with Crippen molar-refractivity contribution < 1.29 is 22.7 Å². The largest absolute Gasteiger partial charge is 0.486 e. The maximum atomic E-state index is 13.2. The fraction of sp³-hybridized carbons (Fsp3) is 0.458. The molecule has 0 radical (unpaired) electrons. The van der Waals surface area contributed by atoms with Gasteiger partial charge in [0.25, 0.3) is 15.9 Å². The van der Waals surface area contributed by atoms with Crippen molar-refractivity contribution in [1.82, 2.24) is 4.90 Å². The van der Waals surface area contributed by atoms with Gasteiger partial charge in [-0.05, 0) is 68.0 Å². The van der Waals surface area contributed by atoms with E-state index in [2.05, 4.69) is 4.72 Å². The summed E-state index contributed by atoms with van der Waals surface area (Å²) in [7, 11) is -3.80. The lowest BCUT2D eigenvalue weighted by Crippen LogP contribution is -2.49. The average molecular weight is 457 g/mol. The van der Waals surface area contributed by atoms with Gasteiger partial charge in [0.1, 0.15) is 13.2 Å². The van der Waals surface area contributed by atoms with Crippen LogP contribution < -0.4 is 14.2 Å². The minimum atomic E-state index is -3.80. The Morgan fingerprint density at radius 1 is 0.906 bits per heavy atom. The number of hydrogen-bond donors (Lipinski definition) is 1. The summed E-state index contributed by atoms with van der Waals surface area (Å²) in [4.78, 5) is 15.3. The molecule has 2 heterocycles. The van der Waals surface area contributed by atoms with Crippen LogP contribution in [0.4, 0.5) is 5.69 Å². The Morgan fingerprint density at radius 2 is 1.62 bits per heavy atom. The highest BCUT2D eigenvalue weighted by molar-refractivity contribution is 7.92. The van der Waals surface area contributed by atoms with Crippen LogP contribution in [0.25, 0.3) is 0 Å². The van der Waals surface area contributed by atoms with Crippen LogP contribution in [0.5, 0.6) is 11.5 Å². The van der Waals surface area contributed by atoms with Gasteiger partial charge >= 0.3 is 0 Å². The molecule has 1 N–H and O–H groups in total. The van der Waals surface area contributed by atoms with Gasteiger partial charge in [-0.15, -0.1) is 0 Å². The summed E-state index contributed by atoms with van der Waals surface area (Å²) in [6.45, 7) is 1.64. The molecule has 8 heteroatoms. The summed E-state index contributed by atoms with van der Waals surface area (Å²) in [5, 5.41) is 0. The Morgan fingerprint density at radius 3 is 2.44 bits per heavy atom. The van der Waals surface area contributed by atoms with E-state index in [-0.39, 0.29) is 10.8 Å². The molecule has 2 atom stereocenters. The Kier molecular flexibility index (Phi) is 5.71. The predicted octanol–water partition coefficient (Wildman–Crippen LogP) is 4.05. The topological polar surface area (TPSA) is 84.9 Å². The smallest absolute Gasteiger partial charge is 0.262 e. The van der Waals surface area contributed by atoms with Crippen LogP contribution in [-0.4, -0.2) is 45.0 Å². The second kappa shape index (κ2) is 8.65. The van der Waals surface area contributed by atoms with Crippen molar-refractivity contribution in [2.75, 3.05) is 24.5 Å². The number of fused-ring (bicyclic) bond motifs is 2. The van der Waals surface area contributed by atoms with Crippen LogP contribution in [0.1, 0.15) is 48.9 Å². The third kappa shape index (κ3) is 4.16. The van der Waals surface area contributed by atoms with Crippen molar-refractivity contribution in [1.29, 1.82) is 0 Å². The molecule has 0 aromatic heterocycles. The van der Waals surface area contributed by atoms with E-state index in [0.29, 0.717) is 47.9 Å². The molecule has 5 rings (SSSR count). The molecule has 1 saturated heterocycles. The number of nitrogens with one attached hydrogen (secondary N) is 1. The average Bonchev–Trinajstić information content (AvgIpc) is 2.83. The molecule has 2 aromatic carbocycles. The minimum absolute atomic E-state index is 0.0443. The summed E-state index contributed by atoms with van der Waals surface area (Å²) in [6, 6.07) is 11.6. The van der Waals surface area contributed by atoms with Gasteiger partial charge in [0, 0.05) is 29.9 Å². The molecule has 1 aliphatic carbocycles. The first-order valence-corrected chi connectivity index (χ1v) is 12.8. The molecule has 1 saturated carbocycles. The highest BCUT2D eigenvalue weighted by atomic mass is 32.2. The monoisotopic (exact) mass is 456 g/mol. The van der Waals surface area contributed by atoms with E-state index in [9.17, 15) is 13.2 Å². The molecule has 0 unspecified atom stereocenters. The fourth-order valence-electron chi connectivity index (χ4n) is 5.13. The molecule has 3 aliphatic rings. The maximum absolute atomic E-state index is 13.2. The first kappa shape index (κ1) is 21.1. The number of anilines is 1. The third-order valence-electron chi connectivity index (χ3n) is 6.71. The van der Waals surface area contributed by atoms with Crippen LogP contribution in [0.2, 0.25) is 0 Å². The van der Waals surface area contributed by atoms with Crippen LogP contribution >= 0.6 is 0 Å².